The molecule has 0 saturated heterocycles. The molecule has 0 saturated carbocycles. The first kappa shape index (κ1) is 31.0. The van der Waals surface area contributed by atoms with Crippen LogP contribution >= 0.6 is 0 Å². The third-order valence-electron chi connectivity index (χ3n) is 6.36. The number of hydrogen-bond donors (Lipinski definition) is 0. The van der Waals surface area contributed by atoms with Gasteiger partial charge in [-0.15, -0.1) is 18.3 Å². The van der Waals surface area contributed by atoms with Crippen LogP contribution in [-0.2, 0) is 16.1 Å². The molecule has 1 aromatic heterocycles. The lowest BCUT2D eigenvalue weighted by Crippen LogP contribution is -2.33. The number of azide groups is 1. The summed E-state index contributed by atoms with van der Waals surface area (Å²) >= 11 is 0. The van der Waals surface area contributed by atoms with Crippen LogP contribution in [0.4, 0.5) is 19.0 Å². The van der Waals surface area contributed by atoms with Crippen LogP contribution in [0.15, 0.2) is 77.1 Å². The molecule has 1 atom stereocenters. The topological polar surface area (TPSA) is 130 Å². The van der Waals surface area contributed by atoms with Crippen LogP contribution in [0.1, 0.15) is 73.8 Å². The number of carbonyl (C=O) groups is 2. The Morgan fingerprint density at radius 2 is 1.65 bits per heavy atom. The van der Waals surface area contributed by atoms with Crippen molar-refractivity contribution >= 4 is 17.5 Å². The Hall–Kier alpha value is -4.90. The molecule has 1 amide bonds. The lowest BCUT2D eigenvalue weighted by atomic mass is 9.91. The molecule has 224 valence electrons. The number of rotatable bonds is 9. The molecule has 2 heterocycles. The van der Waals surface area contributed by atoms with Crippen LogP contribution in [0, 0.1) is 0 Å². The number of ketones is 1. The van der Waals surface area contributed by atoms with E-state index in [9.17, 15) is 22.8 Å². The van der Waals surface area contributed by atoms with E-state index in [0.29, 0.717) is 16.8 Å². The minimum Gasteiger partial charge on any atom is -0.482 e. The molecule has 13 heteroatoms. The molecule has 0 N–H and O–H groups in total. The highest BCUT2D eigenvalue weighted by Crippen LogP contribution is 2.44. The minimum absolute atomic E-state index is 0.0123. The van der Waals surface area contributed by atoms with Crippen molar-refractivity contribution in [2.75, 3.05) is 4.90 Å². The van der Waals surface area contributed by atoms with Gasteiger partial charge in [0.1, 0.15) is 11.4 Å². The zero-order valence-electron chi connectivity index (χ0n) is 24.1. The minimum atomic E-state index is -4.90. The molecule has 2 aromatic carbocycles. The molecule has 1 aliphatic heterocycles. The number of alkyl halides is 3. The third kappa shape index (κ3) is 7.31. The lowest BCUT2D eigenvalue weighted by molar-refractivity contribution is -0.274. The average molecular weight is 595 g/mol. The fourth-order valence-electron chi connectivity index (χ4n) is 4.48. The maximum Gasteiger partial charge on any atom is 0.573 e. The van der Waals surface area contributed by atoms with Gasteiger partial charge in [-0.1, -0.05) is 55.4 Å². The second-order valence-corrected chi connectivity index (χ2v) is 11.0. The predicted octanol–water partition coefficient (Wildman–Crippen LogP) is 7.35. The number of anilines is 1. The number of hydrogen-bond acceptors (Lipinski definition) is 7. The van der Waals surface area contributed by atoms with Crippen molar-refractivity contribution in [1.82, 2.24) is 10.2 Å². The summed E-state index contributed by atoms with van der Waals surface area (Å²) in [7, 11) is 0. The van der Waals surface area contributed by atoms with Gasteiger partial charge in [-0.2, -0.15) is 5.10 Å². The van der Waals surface area contributed by atoms with Gasteiger partial charge < -0.3 is 9.47 Å². The van der Waals surface area contributed by atoms with Gasteiger partial charge in [0.2, 0.25) is 0 Å². The lowest BCUT2D eigenvalue weighted by Gasteiger charge is -2.26. The number of nitrogens with zero attached hydrogens (tertiary/aromatic N) is 6. The molecule has 0 spiro atoms. The van der Waals surface area contributed by atoms with E-state index in [0.717, 1.165) is 17.7 Å². The first-order valence-electron chi connectivity index (χ1n) is 13.3. The van der Waals surface area contributed by atoms with E-state index in [1.807, 2.05) is 26.0 Å². The summed E-state index contributed by atoms with van der Waals surface area (Å²) in [4.78, 5) is 32.1. The predicted molar refractivity (Wildman–Crippen MR) is 151 cm³/mol. The van der Waals surface area contributed by atoms with Crippen LogP contribution in [-0.4, -0.2) is 33.9 Å². The first-order valence-corrected chi connectivity index (χ1v) is 13.3. The van der Waals surface area contributed by atoms with Crippen molar-refractivity contribution in [2.24, 2.45) is 5.11 Å². The van der Waals surface area contributed by atoms with Crippen molar-refractivity contribution < 1.29 is 32.2 Å². The first-order chi connectivity index (χ1) is 20.2. The Labute approximate surface area is 245 Å². The van der Waals surface area contributed by atoms with Gasteiger partial charge in [0.05, 0.1) is 23.9 Å². The summed E-state index contributed by atoms with van der Waals surface area (Å²) < 4.78 is 48.6. The molecule has 1 aliphatic rings. The smallest absolute Gasteiger partial charge is 0.482 e. The van der Waals surface area contributed by atoms with E-state index < -0.39 is 35.4 Å². The Morgan fingerprint density at radius 1 is 1.00 bits per heavy atom. The Bertz CT molecular complexity index is 1570. The van der Waals surface area contributed by atoms with Crippen molar-refractivity contribution in [2.45, 2.75) is 65.1 Å². The van der Waals surface area contributed by atoms with Gasteiger partial charge in [-0.25, -0.2) is 0 Å². The van der Waals surface area contributed by atoms with Crippen LogP contribution in [0.25, 0.3) is 10.4 Å². The van der Waals surface area contributed by atoms with Crippen molar-refractivity contribution in [3.63, 3.8) is 0 Å². The van der Waals surface area contributed by atoms with Gasteiger partial charge in [0, 0.05) is 10.5 Å². The van der Waals surface area contributed by atoms with Crippen molar-refractivity contribution in [3.8, 4) is 5.75 Å². The zero-order valence-corrected chi connectivity index (χ0v) is 24.1. The molecule has 0 fully saturated rings. The molecular weight excluding hydrogens is 565 g/mol. The SMILES string of the molecule is CC(C)c1ccc(C(=O)C2=C(OC(C)(C)C)C(=O)N(c3ccc(CN=[N+]=[N-])nn3)C2c2ccc(OC(F)(F)F)cc2)cc1. The van der Waals surface area contributed by atoms with E-state index >= 15 is 0 Å². The molecule has 10 nitrogen and oxygen atoms in total. The molecule has 4 rings (SSSR count). The molecule has 3 aromatic rings. The van der Waals surface area contributed by atoms with Crippen LogP contribution < -0.4 is 9.64 Å². The van der Waals surface area contributed by atoms with Gasteiger partial charge in [-0.3, -0.25) is 14.5 Å². The third-order valence-corrected chi connectivity index (χ3v) is 6.36. The Kier molecular flexibility index (Phi) is 8.77. The number of benzene rings is 2. The summed E-state index contributed by atoms with van der Waals surface area (Å²) in [5.74, 6) is -1.61. The monoisotopic (exact) mass is 594 g/mol. The summed E-state index contributed by atoms with van der Waals surface area (Å²) in [6.45, 7) is 9.12. The zero-order chi connectivity index (χ0) is 31.5. The van der Waals surface area contributed by atoms with Crippen LogP contribution in [0.5, 0.6) is 5.75 Å². The standard InChI is InChI=1S/C30H29F3N6O4/c1-17(2)18-6-8-20(9-7-18)26(40)24-25(19-10-13-22(14-11-19)42-30(31,32)33)39(28(41)27(24)43-29(3,4)5)23-15-12-21(36-37-23)16-35-38-34/h6-15,17,25H,16H2,1-5H3. The molecular formula is C30H29F3N6O4. The van der Waals surface area contributed by atoms with Gasteiger partial charge >= 0.3 is 6.36 Å². The summed E-state index contributed by atoms with van der Waals surface area (Å²) in [5.41, 5.74) is 9.64. The van der Waals surface area contributed by atoms with Crippen LogP contribution in [0.2, 0.25) is 0 Å². The fourth-order valence-corrected chi connectivity index (χ4v) is 4.48. The number of Topliss-reactive ketones (excluding diaryl/α,β-unsaturated/α-hetero) is 1. The van der Waals surface area contributed by atoms with Gasteiger partial charge in [0.15, 0.2) is 17.4 Å². The fraction of sp³-hybridized carbons (Fsp3) is 0.333. The Balaban J connectivity index is 1.89. The number of amides is 1. The second-order valence-electron chi connectivity index (χ2n) is 11.0. The molecule has 0 aliphatic carbocycles. The number of aromatic nitrogens is 2. The quantitative estimate of drug-likeness (QED) is 0.110. The highest BCUT2D eigenvalue weighted by atomic mass is 19.4. The molecule has 0 bridgehead atoms. The summed E-state index contributed by atoms with van der Waals surface area (Å²) in [5, 5.41) is 11.6. The number of carbonyl (C=O) groups excluding carboxylic acids is 2. The highest BCUT2D eigenvalue weighted by Gasteiger charge is 2.47. The maximum absolute atomic E-state index is 14.2. The summed E-state index contributed by atoms with van der Waals surface area (Å²) in [6.07, 6.45) is -4.90. The number of ether oxygens (including phenoxy) is 2. The Morgan fingerprint density at radius 3 is 2.16 bits per heavy atom. The van der Waals surface area contributed by atoms with E-state index in [-0.39, 0.29) is 29.6 Å². The van der Waals surface area contributed by atoms with E-state index in [1.54, 1.807) is 32.9 Å². The highest BCUT2D eigenvalue weighted by molar-refractivity contribution is 6.21. The van der Waals surface area contributed by atoms with E-state index in [4.69, 9.17) is 10.3 Å². The van der Waals surface area contributed by atoms with Gasteiger partial charge in [0.25, 0.3) is 5.91 Å². The van der Waals surface area contributed by atoms with Gasteiger partial charge in [-0.05, 0) is 67.6 Å². The van der Waals surface area contributed by atoms with Crippen LogP contribution in [0.3, 0.4) is 0 Å². The normalized spacial score (nSPS) is 15.5. The molecule has 43 heavy (non-hydrogen) atoms. The maximum atomic E-state index is 14.2. The van der Waals surface area contributed by atoms with Crippen molar-refractivity contribution in [3.05, 3.63) is 105 Å². The van der Waals surface area contributed by atoms with E-state index in [2.05, 4.69) is 25.0 Å². The van der Waals surface area contributed by atoms with E-state index in [1.165, 1.54) is 29.2 Å². The number of halogens is 3. The second kappa shape index (κ2) is 12.1. The summed E-state index contributed by atoms with van der Waals surface area (Å²) in [6, 6.07) is 13.7. The average Bonchev–Trinajstić information content (AvgIpc) is 3.21. The van der Waals surface area contributed by atoms with Crippen molar-refractivity contribution in [1.29, 1.82) is 0 Å². The molecule has 1 unspecified atom stereocenters. The molecule has 0 radical (unpaired) electrons. The largest absolute Gasteiger partial charge is 0.573 e.